The molecule has 0 bridgehead atoms. The van der Waals surface area contributed by atoms with E-state index in [1.807, 2.05) is 6.07 Å². The van der Waals surface area contributed by atoms with Gasteiger partial charge in [-0.05, 0) is 47.2 Å². The average molecular weight is 268 g/mol. The zero-order chi connectivity index (χ0) is 14.7. The SMILES string of the molecule is CC(C)c1ccc(N)c(Cc2ccc(N(C)C)cc2)c1. The van der Waals surface area contributed by atoms with Gasteiger partial charge in [0.15, 0.2) is 0 Å². The lowest BCUT2D eigenvalue weighted by molar-refractivity contribution is 0.864. The molecule has 106 valence electrons. The van der Waals surface area contributed by atoms with Crippen LogP contribution in [-0.2, 0) is 6.42 Å². The number of hydrogen-bond donors (Lipinski definition) is 1. The summed E-state index contributed by atoms with van der Waals surface area (Å²) >= 11 is 0. The molecular weight excluding hydrogens is 244 g/mol. The van der Waals surface area contributed by atoms with Gasteiger partial charge in [0.2, 0.25) is 0 Å². The standard InChI is InChI=1S/C18H24N2/c1-13(2)15-7-10-18(19)16(12-15)11-14-5-8-17(9-6-14)20(3)4/h5-10,12-13H,11,19H2,1-4H3. The van der Waals surface area contributed by atoms with Crippen molar-refractivity contribution in [2.75, 3.05) is 24.7 Å². The largest absolute Gasteiger partial charge is 0.398 e. The Kier molecular flexibility index (Phi) is 4.33. The molecule has 0 heterocycles. The Bertz CT molecular complexity index is 568. The van der Waals surface area contributed by atoms with Gasteiger partial charge >= 0.3 is 0 Å². The molecular formula is C18H24N2. The first kappa shape index (κ1) is 14.4. The van der Waals surface area contributed by atoms with Crippen LogP contribution in [0.15, 0.2) is 42.5 Å². The van der Waals surface area contributed by atoms with E-state index in [9.17, 15) is 0 Å². The van der Waals surface area contributed by atoms with Crippen LogP contribution in [0.4, 0.5) is 11.4 Å². The molecule has 2 N–H and O–H groups in total. The summed E-state index contributed by atoms with van der Waals surface area (Å²) < 4.78 is 0. The van der Waals surface area contributed by atoms with Crippen molar-refractivity contribution in [3.8, 4) is 0 Å². The highest BCUT2D eigenvalue weighted by molar-refractivity contribution is 5.52. The Morgan fingerprint density at radius 1 is 1.00 bits per heavy atom. The number of hydrogen-bond acceptors (Lipinski definition) is 2. The molecule has 0 saturated heterocycles. The number of benzene rings is 2. The molecule has 20 heavy (non-hydrogen) atoms. The van der Waals surface area contributed by atoms with Gasteiger partial charge in [0.1, 0.15) is 0 Å². The lowest BCUT2D eigenvalue weighted by Gasteiger charge is -2.14. The van der Waals surface area contributed by atoms with E-state index < -0.39 is 0 Å². The van der Waals surface area contributed by atoms with Gasteiger partial charge in [0.25, 0.3) is 0 Å². The zero-order valence-corrected chi connectivity index (χ0v) is 12.9. The third-order valence-corrected chi connectivity index (χ3v) is 3.68. The van der Waals surface area contributed by atoms with Crippen LogP contribution in [0.1, 0.15) is 36.5 Å². The summed E-state index contributed by atoms with van der Waals surface area (Å²) in [6, 6.07) is 15.0. The van der Waals surface area contributed by atoms with Gasteiger partial charge in [-0.25, -0.2) is 0 Å². The van der Waals surface area contributed by atoms with Crippen molar-refractivity contribution >= 4 is 11.4 Å². The molecule has 0 amide bonds. The molecule has 0 fully saturated rings. The van der Waals surface area contributed by atoms with E-state index in [0.29, 0.717) is 5.92 Å². The molecule has 2 aromatic rings. The maximum Gasteiger partial charge on any atom is 0.0361 e. The summed E-state index contributed by atoms with van der Waals surface area (Å²) in [4.78, 5) is 2.11. The number of nitrogens with zero attached hydrogens (tertiary/aromatic N) is 1. The molecule has 0 aromatic heterocycles. The van der Waals surface area contributed by atoms with Gasteiger partial charge in [0, 0.05) is 25.5 Å². The van der Waals surface area contributed by atoms with Crippen LogP contribution in [0.2, 0.25) is 0 Å². The Morgan fingerprint density at radius 2 is 1.65 bits per heavy atom. The monoisotopic (exact) mass is 268 g/mol. The van der Waals surface area contributed by atoms with E-state index in [4.69, 9.17) is 5.73 Å². The summed E-state index contributed by atoms with van der Waals surface area (Å²) in [7, 11) is 4.11. The Labute approximate surface area is 122 Å². The maximum absolute atomic E-state index is 6.11. The van der Waals surface area contributed by atoms with Crippen LogP contribution in [0.25, 0.3) is 0 Å². The van der Waals surface area contributed by atoms with Gasteiger partial charge in [-0.1, -0.05) is 38.1 Å². The Morgan fingerprint density at radius 3 is 2.20 bits per heavy atom. The Hall–Kier alpha value is -1.96. The molecule has 0 aliphatic carbocycles. The molecule has 2 nitrogen and oxygen atoms in total. The number of rotatable bonds is 4. The van der Waals surface area contributed by atoms with E-state index >= 15 is 0 Å². The fourth-order valence-corrected chi connectivity index (χ4v) is 2.27. The molecule has 0 aliphatic heterocycles. The van der Waals surface area contributed by atoms with Crippen LogP contribution < -0.4 is 10.6 Å². The van der Waals surface area contributed by atoms with Crippen molar-refractivity contribution < 1.29 is 0 Å². The lowest BCUT2D eigenvalue weighted by atomic mass is 9.96. The minimum atomic E-state index is 0.533. The molecule has 0 spiro atoms. The molecule has 0 unspecified atom stereocenters. The normalized spacial score (nSPS) is 10.8. The smallest absolute Gasteiger partial charge is 0.0361 e. The van der Waals surface area contributed by atoms with Crippen LogP contribution >= 0.6 is 0 Å². The third-order valence-electron chi connectivity index (χ3n) is 3.68. The summed E-state index contributed by atoms with van der Waals surface area (Å²) in [5.74, 6) is 0.533. The van der Waals surface area contributed by atoms with E-state index in [1.54, 1.807) is 0 Å². The first-order valence-electron chi connectivity index (χ1n) is 7.12. The zero-order valence-electron chi connectivity index (χ0n) is 12.9. The van der Waals surface area contributed by atoms with Gasteiger partial charge in [-0.15, -0.1) is 0 Å². The number of nitrogens with two attached hydrogens (primary N) is 1. The Balaban J connectivity index is 2.23. The van der Waals surface area contributed by atoms with Crippen molar-refractivity contribution in [1.29, 1.82) is 0 Å². The van der Waals surface area contributed by atoms with Gasteiger partial charge in [-0.3, -0.25) is 0 Å². The molecule has 2 heteroatoms. The summed E-state index contributed by atoms with van der Waals surface area (Å²) in [6.45, 7) is 4.42. The first-order valence-corrected chi connectivity index (χ1v) is 7.12. The third kappa shape index (κ3) is 3.32. The maximum atomic E-state index is 6.11. The second kappa shape index (κ2) is 6.00. The average Bonchev–Trinajstić information content (AvgIpc) is 2.41. The predicted octanol–water partition coefficient (Wildman–Crippen LogP) is 4.05. The highest BCUT2D eigenvalue weighted by Crippen LogP contribution is 2.23. The fraction of sp³-hybridized carbons (Fsp3) is 0.333. The second-order valence-electron chi connectivity index (χ2n) is 5.85. The highest BCUT2D eigenvalue weighted by Gasteiger charge is 2.06. The summed E-state index contributed by atoms with van der Waals surface area (Å²) in [6.07, 6.45) is 0.889. The van der Waals surface area contributed by atoms with E-state index in [0.717, 1.165) is 12.1 Å². The van der Waals surface area contributed by atoms with E-state index in [1.165, 1.54) is 22.4 Å². The second-order valence-corrected chi connectivity index (χ2v) is 5.85. The highest BCUT2D eigenvalue weighted by atomic mass is 15.1. The minimum Gasteiger partial charge on any atom is -0.398 e. The molecule has 2 aromatic carbocycles. The summed E-state index contributed by atoms with van der Waals surface area (Å²) in [5.41, 5.74) is 12.1. The number of anilines is 2. The van der Waals surface area contributed by atoms with Gasteiger partial charge < -0.3 is 10.6 Å². The van der Waals surface area contributed by atoms with Crippen molar-refractivity contribution in [3.63, 3.8) is 0 Å². The van der Waals surface area contributed by atoms with Gasteiger partial charge in [-0.2, -0.15) is 0 Å². The topological polar surface area (TPSA) is 29.3 Å². The van der Waals surface area contributed by atoms with Crippen molar-refractivity contribution in [1.82, 2.24) is 0 Å². The molecule has 0 atom stereocenters. The number of nitrogen functional groups attached to an aromatic ring is 1. The van der Waals surface area contributed by atoms with Crippen LogP contribution in [0.3, 0.4) is 0 Å². The molecule has 0 aliphatic rings. The quantitative estimate of drug-likeness (QED) is 0.848. The van der Waals surface area contributed by atoms with E-state index in [-0.39, 0.29) is 0 Å². The van der Waals surface area contributed by atoms with Crippen LogP contribution in [0.5, 0.6) is 0 Å². The summed E-state index contributed by atoms with van der Waals surface area (Å²) in [5, 5.41) is 0. The van der Waals surface area contributed by atoms with E-state index in [2.05, 4.69) is 69.2 Å². The van der Waals surface area contributed by atoms with Crippen LogP contribution in [0, 0.1) is 0 Å². The minimum absolute atomic E-state index is 0.533. The van der Waals surface area contributed by atoms with Crippen molar-refractivity contribution in [3.05, 3.63) is 59.2 Å². The fourth-order valence-electron chi connectivity index (χ4n) is 2.27. The van der Waals surface area contributed by atoms with Gasteiger partial charge in [0.05, 0.1) is 0 Å². The van der Waals surface area contributed by atoms with Crippen molar-refractivity contribution in [2.45, 2.75) is 26.2 Å². The van der Waals surface area contributed by atoms with Crippen LogP contribution in [-0.4, -0.2) is 14.1 Å². The van der Waals surface area contributed by atoms with Crippen molar-refractivity contribution in [2.24, 2.45) is 0 Å². The molecule has 0 radical (unpaired) electrons. The predicted molar refractivity (Wildman–Crippen MR) is 88.5 cm³/mol. The molecule has 2 rings (SSSR count). The molecule has 0 saturated carbocycles. The first-order chi connectivity index (χ1) is 9.47. The lowest BCUT2D eigenvalue weighted by Crippen LogP contribution is -2.08.